The number of nitrogens with zero attached hydrogens (tertiary/aromatic N) is 2. The van der Waals surface area contributed by atoms with E-state index in [0.29, 0.717) is 5.82 Å². The third-order valence-corrected chi connectivity index (χ3v) is 2.57. The average Bonchev–Trinajstić information content (AvgIpc) is 2.29. The van der Waals surface area contributed by atoms with Gasteiger partial charge in [0.05, 0.1) is 10.2 Å². The maximum absolute atomic E-state index is 13.4. The van der Waals surface area contributed by atoms with Gasteiger partial charge in [-0.1, -0.05) is 0 Å². The van der Waals surface area contributed by atoms with Crippen LogP contribution >= 0.6 is 15.9 Å². The SMILES string of the molecule is Nc1ccc(Nc2cc(Br)c(F)cc2F)nn1. The van der Waals surface area contributed by atoms with Crippen molar-refractivity contribution in [2.75, 3.05) is 11.1 Å². The van der Waals surface area contributed by atoms with E-state index in [0.717, 1.165) is 6.07 Å². The molecular weight excluding hydrogens is 294 g/mol. The summed E-state index contributed by atoms with van der Waals surface area (Å²) in [4.78, 5) is 0. The Bertz CT molecular complexity index is 545. The first-order chi connectivity index (χ1) is 8.06. The molecule has 88 valence electrons. The maximum atomic E-state index is 13.4. The van der Waals surface area contributed by atoms with Crippen LogP contribution in [0.3, 0.4) is 0 Å². The molecule has 0 fully saturated rings. The fourth-order valence-electron chi connectivity index (χ4n) is 1.17. The highest BCUT2D eigenvalue weighted by Gasteiger charge is 2.08. The number of nitrogens with one attached hydrogen (secondary N) is 1. The third kappa shape index (κ3) is 2.68. The molecule has 17 heavy (non-hydrogen) atoms. The van der Waals surface area contributed by atoms with Gasteiger partial charge in [-0.15, -0.1) is 10.2 Å². The monoisotopic (exact) mass is 300 g/mol. The second-order valence-electron chi connectivity index (χ2n) is 3.21. The minimum absolute atomic E-state index is 0.0948. The summed E-state index contributed by atoms with van der Waals surface area (Å²) in [6.45, 7) is 0. The largest absolute Gasteiger partial charge is 0.382 e. The molecule has 2 aromatic rings. The standard InChI is InChI=1S/C10H7BrF2N4/c11-5-3-8(7(13)4-6(5)12)15-10-2-1-9(14)16-17-10/h1-4H,(H2,14,16)(H,15,17). The van der Waals surface area contributed by atoms with Gasteiger partial charge in [0, 0.05) is 6.07 Å². The van der Waals surface area contributed by atoms with Crippen molar-refractivity contribution in [3.05, 3.63) is 40.4 Å². The molecular formula is C10H7BrF2N4. The van der Waals surface area contributed by atoms with Gasteiger partial charge >= 0.3 is 0 Å². The van der Waals surface area contributed by atoms with Crippen LogP contribution in [0.25, 0.3) is 0 Å². The number of nitrogens with two attached hydrogens (primary N) is 1. The molecule has 0 unspecified atom stereocenters. The summed E-state index contributed by atoms with van der Waals surface area (Å²) in [5.74, 6) is -0.811. The minimum Gasteiger partial charge on any atom is -0.382 e. The summed E-state index contributed by atoms with van der Waals surface area (Å²) in [5.41, 5.74) is 5.46. The van der Waals surface area contributed by atoms with Crippen molar-refractivity contribution >= 4 is 33.3 Å². The Labute approximate surface area is 104 Å². The first-order valence-electron chi connectivity index (χ1n) is 4.57. The highest BCUT2D eigenvalue weighted by Crippen LogP contribution is 2.25. The van der Waals surface area contributed by atoms with Crippen LogP contribution in [-0.4, -0.2) is 10.2 Å². The molecule has 1 aromatic heterocycles. The van der Waals surface area contributed by atoms with Gasteiger partial charge in [-0.25, -0.2) is 8.78 Å². The molecule has 0 aliphatic heterocycles. The Hall–Kier alpha value is -1.76. The third-order valence-electron chi connectivity index (χ3n) is 1.96. The number of anilines is 3. The smallest absolute Gasteiger partial charge is 0.153 e. The molecule has 0 aliphatic carbocycles. The molecule has 0 amide bonds. The number of halogens is 3. The molecule has 7 heteroatoms. The highest BCUT2D eigenvalue weighted by molar-refractivity contribution is 9.10. The lowest BCUT2D eigenvalue weighted by atomic mass is 10.3. The zero-order chi connectivity index (χ0) is 12.4. The van der Waals surface area contributed by atoms with E-state index >= 15 is 0 Å². The first kappa shape index (κ1) is 11.7. The van der Waals surface area contributed by atoms with Gasteiger partial charge in [-0.05, 0) is 34.1 Å². The van der Waals surface area contributed by atoms with Gasteiger partial charge in [-0.2, -0.15) is 0 Å². The molecule has 1 aromatic carbocycles. The summed E-state index contributed by atoms with van der Waals surface area (Å²) >= 11 is 2.97. The Kier molecular flexibility index (Phi) is 3.19. The van der Waals surface area contributed by atoms with E-state index in [-0.39, 0.29) is 16.0 Å². The minimum atomic E-state index is -0.718. The molecule has 0 saturated carbocycles. The molecule has 0 spiro atoms. The van der Waals surface area contributed by atoms with Crippen LogP contribution in [0.4, 0.5) is 26.1 Å². The Morgan fingerprint density at radius 3 is 2.53 bits per heavy atom. The zero-order valence-corrected chi connectivity index (χ0v) is 10.0. The van der Waals surface area contributed by atoms with Crippen LogP contribution < -0.4 is 11.1 Å². The molecule has 2 rings (SSSR count). The lowest BCUT2D eigenvalue weighted by Gasteiger charge is -2.07. The predicted octanol–water partition coefficient (Wildman–Crippen LogP) is 2.84. The number of aromatic nitrogens is 2. The van der Waals surface area contributed by atoms with Crippen molar-refractivity contribution in [3.63, 3.8) is 0 Å². The van der Waals surface area contributed by atoms with Gasteiger partial charge in [0.25, 0.3) is 0 Å². The number of nitrogen functional groups attached to an aromatic ring is 1. The second kappa shape index (κ2) is 4.62. The summed E-state index contributed by atoms with van der Waals surface area (Å²) < 4.78 is 26.5. The number of hydrogen-bond acceptors (Lipinski definition) is 4. The van der Waals surface area contributed by atoms with E-state index in [4.69, 9.17) is 5.73 Å². The van der Waals surface area contributed by atoms with E-state index in [1.165, 1.54) is 12.1 Å². The molecule has 0 radical (unpaired) electrons. The highest BCUT2D eigenvalue weighted by atomic mass is 79.9. The normalized spacial score (nSPS) is 10.3. The fraction of sp³-hybridized carbons (Fsp3) is 0. The summed E-state index contributed by atoms with van der Waals surface area (Å²) in [5, 5.41) is 9.97. The summed E-state index contributed by atoms with van der Waals surface area (Å²) in [6, 6.07) is 5.12. The number of hydrogen-bond donors (Lipinski definition) is 2. The van der Waals surface area contributed by atoms with Crippen molar-refractivity contribution in [2.45, 2.75) is 0 Å². The van der Waals surface area contributed by atoms with Gasteiger partial charge < -0.3 is 11.1 Å². The van der Waals surface area contributed by atoms with Crippen molar-refractivity contribution in [1.82, 2.24) is 10.2 Å². The molecule has 4 nitrogen and oxygen atoms in total. The molecule has 0 aliphatic rings. The van der Waals surface area contributed by atoms with Crippen LogP contribution in [0.2, 0.25) is 0 Å². The second-order valence-corrected chi connectivity index (χ2v) is 4.07. The lowest BCUT2D eigenvalue weighted by molar-refractivity contribution is 0.581. The van der Waals surface area contributed by atoms with Gasteiger partial charge in [-0.3, -0.25) is 0 Å². The summed E-state index contributed by atoms with van der Waals surface area (Å²) in [6.07, 6.45) is 0. The van der Waals surface area contributed by atoms with Crippen molar-refractivity contribution < 1.29 is 8.78 Å². The van der Waals surface area contributed by atoms with Crippen LogP contribution in [0.5, 0.6) is 0 Å². The van der Waals surface area contributed by atoms with Gasteiger partial charge in [0.2, 0.25) is 0 Å². The van der Waals surface area contributed by atoms with Crippen molar-refractivity contribution in [1.29, 1.82) is 0 Å². The Morgan fingerprint density at radius 2 is 1.88 bits per heavy atom. The van der Waals surface area contributed by atoms with Crippen LogP contribution in [0.1, 0.15) is 0 Å². The van der Waals surface area contributed by atoms with Gasteiger partial charge in [0.15, 0.2) is 5.82 Å². The molecule has 0 atom stereocenters. The quantitative estimate of drug-likeness (QED) is 0.837. The lowest BCUT2D eigenvalue weighted by Crippen LogP contribution is -2.00. The predicted molar refractivity (Wildman–Crippen MR) is 63.8 cm³/mol. The zero-order valence-electron chi connectivity index (χ0n) is 8.42. The number of benzene rings is 1. The van der Waals surface area contributed by atoms with E-state index in [9.17, 15) is 8.78 Å². The van der Waals surface area contributed by atoms with E-state index < -0.39 is 11.6 Å². The Morgan fingerprint density at radius 1 is 1.12 bits per heavy atom. The molecule has 3 N–H and O–H groups in total. The van der Waals surface area contributed by atoms with Crippen molar-refractivity contribution in [3.8, 4) is 0 Å². The topological polar surface area (TPSA) is 63.8 Å². The van der Waals surface area contributed by atoms with Crippen LogP contribution in [-0.2, 0) is 0 Å². The van der Waals surface area contributed by atoms with Crippen LogP contribution in [0, 0.1) is 11.6 Å². The van der Waals surface area contributed by atoms with E-state index in [1.807, 2.05) is 0 Å². The van der Waals surface area contributed by atoms with E-state index in [1.54, 1.807) is 6.07 Å². The molecule has 1 heterocycles. The maximum Gasteiger partial charge on any atom is 0.153 e. The molecule has 0 bridgehead atoms. The van der Waals surface area contributed by atoms with Crippen molar-refractivity contribution in [2.24, 2.45) is 0 Å². The van der Waals surface area contributed by atoms with Gasteiger partial charge in [0.1, 0.15) is 17.5 Å². The number of rotatable bonds is 2. The average molecular weight is 301 g/mol. The fourth-order valence-corrected chi connectivity index (χ4v) is 1.51. The molecule has 0 saturated heterocycles. The van der Waals surface area contributed by atoms with Crippen LogP contribution in [0.15, 0.2) is 28.7 Å². The Balaban J connectivity index is 2.30. The first-order valence-corrected chi connectivity index (χ1v) is 5.36. The van der Waals surface area contributed by atoms with E-state index in [2.05, 4.69) is 31.4 Å². The summed E-state index contributed by atoms with van der Waals surface area (Å²) in [7, 11) is 0.